The minimum absolute atomic E-state index is 0.0400. The summed E-state index contributed by atoms with van der Waals surface area (Å²) in [6.07, 6.45) is 0.404. The first-order valence-corrected chi connectivity index (χ1v) is 11.9. The molecule has 0 radical (unpaired) electrons. The zero-order valence-electron chi connectivity index (χ0n) is 18.6. The number of amides is 1. The zero-order chi connectivity index (χ0) is 23.5. The minimum Gasteiger partial charge on any atom is -0.497 e. The van der Waals surface area contributed by atoms with Crippen LogP contribution in [0.5, 0.6) is 5.75 Å². The van der Waals surface area contributed by atoms with E-state index in [1.54, 1.807) is 48.2 Å². The van der Waals surface area contributed by atoms with Crippen LogP contribution in [-0.2, 0) is 30.8 Å². The topological polar surface area (TPSA) is 102 Å². The van der Waals surface area contributed by atoms with Gasteiger partial charge >= 0.3 is 5.97 Å². The number of hydrogen-bond donors (Lipinski definition) is 1. The quantitative estimate of drug-likeness (QED) is 0.608. The second-order valence-electron chi connectivity index (χ2n) is 7.69. The number of rotatable bonds is 8. The number of ether oxygens (including phenoxy) is 2. The maximum absolute atomic E-state index is 13.2. The van der Waals surface area contributed by atoms with Gasteiger partial charge in [-0.3, -0.25) is 9.59 Å². The van der Waals surface area contributed by atoms with E-state index in [4.69, 9.17) is 9.47 Å². The minimum atomic E-state index is -3.97. The molecule has 9 heteroatoms. The molecule has 8 nitrogen and oxygen atoms in total. The monoisotopic (exact) mass is 460 g/mol. The first-order valence-electron chi connectivity index (χ1n) is 10.4. The third kappa shape index (κ3) is 5.11. The van der Waals surface area contributed by atoms with Gasteiger partial charge in [0, 0.05) is 18.7 Å². The molecule has 0 fully saturated rings. The number of carbonyl (C=O) groups is 2. The average Bonchev–Trinajstić information content (AvgIpc) is 3.08. The Labute approximate surface area is 188 Å². The Morgan fingerprint density at radius 2 is 1.97 bits per heavy atom. The van der Waals surface area contributed by atoms with Crippen LogP contribution in [0.15, 0.2) is 47.4 Å². The summed E-state index contributed by atoms with van der Waals surface area (Å²) in [7, 11) is -2.45. The van der Waals surface area contributed by atoms with Crippen molar-refractivity contribution in [3.05, 3.63) is 53.6 Å². The Hall–Kier alpha value is -2.91. The molecule has 2 aromatic carbocycles. The first-order chi connectivity index (χ1) is 15.2. The average molecular weight is 461 g/mol. The number of benzene rings is 2. The fraction of sp³-hybridized carbons (Fsp3) is 0.391. The van der Waals surface area contributed by atoms with Crippen molar-refractivity contribution in [1.29, 1.82) is 0 Å². The number of methoxy groups -OCH3 is 1. The molecule has 0 saturated heterocycles. The molecule has 32 heavy (non-hydrogen) atoms. The molecule has 0 bridgehead atoms. The normalized spacial score (nSPS) is 16.4. The van der Waals surface area contributed by atoms with E-state index in [1.165, 1.54) is 20.1 Å². The Kier molecular flexibility index (Phi) is 7.20. The molecule has 3 rings (SSSR count). The summed E-state index contributed by atoms with van der Waals surface area (Å²) in [4.78, 5) is 25.9. The van der Waals surface area contributed by atoms with Crippen LogP contribution in [0.4, 0.5) is 5.69 Å². The summed E-state index contributed by atoms with van der Waals surface area (Å²) in [6.45, 7) is 5.31. The molecule has 1 aliphatic rings. The smallest absolute Gasteiger partial charge is 0.307 e. The molecule has 172 valence electrons. The molecule has 2 aromatic rings. The van der Waals surface area contributed by atoms with Crippen LogP contribution in [0.3, 0.4) is 0 Å². The lowest BCUT2D eigenvalue weighted by Crippen LogP contribution is -2.33. The molecule has 0 aromatic heterocycles. The van der Waals surface area contributed by atoms with Crippen molar-refractivity contribution in [3.8, 4) is 5.75 Å². The SMILES string of the molecule is CCOC(=O)CC(NS(=O)(=O)c1ccc2c(c1)CC(C)N2C(C)=O)c1cccc(OC)c1. The Bertz CT molecular complexity index is 1120. The molecule has 2 atom stereocenters. The maximum atomic E-state index is 13.2. The van der Waals surface area contributed by atoms with Crippen LogP contribution in [0.2, 0.25) is 0 Å². The number of sulfonamides is 1. The predicted octanol–water partition coefficient (Wildman–Crippen LogP) is 2.97. The third-order valence-corrected chi connectivity index (χ3v) is 6.86. The van der Waals surface area contributed by atoms with E-state index in [-0.39, 0.29) is 29.9 Å². The molecule has 1 heterocycles. The number of nitrogens with zero attached hydrogens (tertiary/aromatic N) is 1. The number of anilines is 1. The van der Waals surface area contributed by atoms with Crippen molar-refractivity contribution < 1.29 is 27.5 Å². The van der Waals surface area contributed by atoms with Crippen molar-refractivity contribution in [2.75, 3.05) is 18.6 Å². The lowest BCUT2D eigenvalue weighted by atomic mass is 10.0. The fourth-order valence-corrected chi connectivity index (χ4v) is 5.26. The van der Waals surface area contributed by atoms with Crippen molar-refractivity contribution >= 4 is 27.6 Å². The van der Waals surface area contributed by atoms with Crippen LogP contribution in [-0.4, -0.2) is 40.1 Å². The summed E-state index contributed by atoms with van der Waals surface area (Å²) < 4.78 is 39.4. The predicted molar refractivity (Wildman–Crippen MR) is 120 cm³/mol. The van der Waals surface area contributed by atoms with Crippen LogP contribution in [0, 0.1) is 0 Å². The second-order valence-corrected chi connectivity index (χ2v) is 9.41. The molecule has 2 unspecified atom stereocenters. The highest BCUT2D eigenvalue weighted by Gasteiger charge is 2.31. The van der Waals surface area contributed by atoms with Crippen LogP contribution < -0.4 is 14.4 Å². The summed E-state index contributed by atoms with van der Waals surface area (Å²) in [5.41, 5.74) is 2.09. The Morgan fingerprint density at radius 1 is 1.22 bits per heavy atom. The maximum Gasteiger partial charge on any atom is 0.307 e. The summed E-state index contributed by atoms with van der Waals surface area (Å²) in [5, 5.41) is 0. The van der Waals surface area contributed by atoms with E-state index >= 15 is 0 Å². The van der Waals surface area contributed by atoms with Gasteiger partial charge in [0.2, 0.25) is 15.9 Å². The van der Waals surface area contributed by atoms with E-state index in [0.717, 1.165) is 11.3 Å². The molecule has 1 amide bonds. The summed E-state index contributed by atoms with van der Waals surface area (Å²) in [5.74, 6) is -0.0493. The van der Waals surface area contributed by atoms with E-state index in [9.17, 15) is 18.0 Å². The van der Waals surface area contributed by atoms with Crippen LogP contribution >= 0.6 is 0 Å². The number of fused-ring (bicyclic) bond motifs is 1. The van der Waals surface area contributed by atoms with Crippen molar-refractivity contribution in [2.45, 2.75) is 50.6 Å². The van der Waals surface area contributed by atoms with Gasteiger partial charge in [0.1, 0.15) is 5.75 Å². The van der Waals surface area contributed by atoms with Gasteiger partial charge < -0.3 is 14.4 Å². The van der Waals surface area contributed by atoms with Gasteiger partial charge in [-0.2, -0.15) is 0 Å². The van der Waals surface area contributed by atoms with Gasteiger partial charge in [-0.1, -0.05) is 12.1 Å². The van der Waals surface area contributed by atoms with Gasteiger partial charge in [-0.05, 0) is 61.7 Å². The highest BCUT2D eigenvalue weighted by Crippen LogP contribution is 2.34. The molecule has 1 N–H and O–H groups in total. The first kappa shape index (κ1) is 23.7. The van der Waals surface area contributed by atoms with Gasteiger partial charge in [0.15, 0.2) is 0 Å². The lowest BCUT2D eigenvalue weighted by Gasteiger charge is -2.21. The molecule has 0 saturated carbocycles. The largest absolute Gasteiger partial charge is 0.497 e. The highest BCUT2D eigenvalue weighted by atomic mass is 32.2. The molecular weight excluding hydrogens is 432 g/mol. The van der Waals surface area contributed by atoms with Crippen LogP contribution in [0.25, 0.3) is 0 Å². The number of nitrogens with one attached hydrogen (secondary N) is 1. The molecule has 0 spiro atoms. The third-order valence-electron chi connectivity index (χ3n) is 5.39. The summed E-state index contributed by atoms with van der Waals surface area (Å²) in [6, 6.07) is 10.7. The fourth-order valence-electron chi connectivity index (χ4n) is 3.98. The zero-order valence-corrected chi connectivity index (χ0v) is 19.4. The van der Waals surface area contributed by atoms with Crippen molar-refractivity contribution in [3.63, 3.8) is 0 Å². The highest BCUT2D eigenvalue weighted by molar-refractivity contribution is 7.89. The van der Waals surface area contributed by atoms with Gasteiger partial charge in [0.25, 0.3) is 0 Å². The lowest BCUT2D eigenvalue weighted by molar-refractivity contribution is -0.143. The molecular formula is C23H28N2O6S. The number of esters is 1. The second kappa shape index (κ2) is 9.70. The van der Waals surface area contributed by atoms with Gasteiger partial charge in [0.05, 0.1) is 31.1 Å². The van der Waals surface area contributed by atoms with E-state index in [0.29, 0.717) is 17.7 Å². The van der Waals surface area contributed by atoms with E-state index in [1.807, 2.05) is 6.92 Å². The molecule has 1 aliphatic heterocycles. The van der Waals surface area contributed by atoms with Gasteiger partial charge in [-0.25, -0.2) is 13.1 Å². The van der Waals surface area contributed by atoms with E-state index < -0.39 is 22.0 Å². The Morgan fingerprint density at radius 3 is 2.62 bits per heavy atom. The van der Waals surface area contributed by atoms with Crippen LogP contribution in [0.1, 0.15) is 44.4 Å². The number of hydrogen-bond acceptors (Lipinski definition) is 6. The van der Waals surface area contributed by atoms with Gasteiger partial charge in [-0.15, -0.1) is 0 Å². The number of carbonyl (C=O) groups excluding carboxylic acids is 2. The van der Waals surface area contributed by atoms with Crippen molar-refractivity contribution in [2.24, 2.45) is 0 Å². The Balaban J connectivity index is 1.92. The molecule has 0 aliphatic carbocycles. The standard InChI is InChI=1S/C23H28N2O6S/c1-5-31-23(27)14-21(17-7-6-8-19(12-17)30-4)24-32(28,29)20-9-10-22-18(13-20)11-15(2)25(22)16(3)26/h6-10,12-13,15,21,24H,5,11,14H2,1-4H3. The summed E-state index contributed by atoms with van der Waals surface area (Å²) >= 11 is 0. The van der Waals surface area contributed by atoms with Crippen molar-refractivity contribution in [1.82, 2.24) is 4.72 Å². The van der Waals surface area contributed by atoms with E-state index in [2.05, 4.69) is 4.72 Å².